The molecule has 0 amide bonds. The monoisotopic (exact) mass is 232 g/mol. The number of H-pyrrole nitrogens is 1. The number of piperidine rings is 1. The Hall–Kier alpha value is -1.69. The van der Waals surface area contributed by atoms with Crippen molar-refractivity contribution in [3.05, 3.63) is 12.7 Å². The molecule has 17 heavy (non-hydrogen) atoms. The molecule has 2 aromatic heterocycles. The van der Waals surface area contributed by atoms with E-state index in [-0.39, 0.29) is 0 Å². The highest BCUT2D eigenvalue weighted by Crippen LogP contribution is 2.19. The van der Waals surface area contributed by atoms with Crippen LogP contribution in [-0.4, -0.2) is 51.0 Å². The van der Waals surface area contributed by atoms with Crippen LogP contribution in [0.3, 0.4) is 0 Å². The lowest BCUT2D eigenvalue weighted by Gasteiger charge is -2.29. The summed E-state index contributed by atoms with van der Waals surface area (Å²) in [7, 11) is 2.16. The van der Waals surface area contributed by atoms with E-state index in [0.717, 1.165) is 42.9 Å². The smallest absolute Gasteiger partial charge is 0.182 e. The third-order valence-corrected chi connectivity index (χ3v) is 3.28. The minimum atomic E-state index is 0.493. The molecular weight excluding hydrogens is 216 g/mol. The Morgan fingerprint density at radius 2 is 2.12 bits per heavy atom. The Kier molecular flexibility index (Phi) is 2.64. The molecule has 90 valence electrons. The van der Waals surface area contributed by atoms with Crippen LogP contribution in [-0.2, 0) is 0 Å². The molecular formula is C11H16N6. The molecule has 1 aliphatic rings. The summed E-state index contributed by atoms with van der Waals surface area (Å²) in [4.78, 5) is 17.9. The van der Waals surface area contributed by atoms with E-state index in [4.69, 9.17) is 0 Å². The molecule has 1 aliphatic heterocycles. The SMILES string of the molecule is CN1CCC(Nc2ncnc3nc[nH]c23)CC1. The van der Waals surface area contributed by atoms with Gasteiger partial charge in [-0.1, -0.05) is 0 Å². The molecule has 1 fully saturated rings. The Labute approximate surface area is 99.5 Å². The summed E-state index contributed by atoms with van der Waals surface area (Å²) in [6.45, 7) is 2.27. The summed E-state index contributed by atoms with van der Waals surface area (Å²) >= 11 is 0. The number of likely N-dealkylation sites (tertiary alicyclic amines) is 1. The van der Waals surface area contributed by atoms with Crippen molar-refractivity contribution < 1.29 is 0 Å². The standard InChI is InChI=1S/C11H16N6/c1-17-4-2-8(3-5-17)16-11-9-10(13-6-12-9)14-7-15-11/h6-8H,2-5H2,1H3,(H2,12,13,14,15,16). The van der Waals surface area contributed by atoms with E-state index in [1.165, 1.54) is 0 Å². The molecule has 6 heteroatoms. The zero-order valence-electron chi connectivity index (χ0n) is 9.85. The summed E-state index contributed by atoms with van der Waals surface area (Å²) in [6.07, 6.45) is 5.51. The van der Waals surface area contributed by atoms with Crippen LogP contribution in [0.4, 0.5) is 5.82 Å². The maximum atomic E-state index is 4.29. The molecule has 0 unspecified atom stereocenters. The van der Waals surface area contributed by atoms with Gasteiger partial charge in [-0.15, -0.1) is 0 Å². The summed E-state index contributed by atoms with van der Waals surface area (Å²) in [5.41, 5.74) is 1.61. The number of rotatable bonds is 2. The van der Waals surface area contributed by atoms with Gasteiger partial charge in [0.1, 0.15) is 11.8 Å². The lowest BCUT2D eigenvalue weighted by atomic mass is 10.1. The zero-order chi connectivity index (χ0) is 11.7. The van der Waals surface area contributed by atoms with Crippen LogP contribution in [0.5, 0.6) is 0 Å². The molecule has 6 nitrogen and oxygen atoms in total. The molecule has 0 atom stereocenters. The van der Waals surface area contributed by atoms with Gasteiger partial charge in [0.15, 0.2) is 11.5 Å². The second-order valence-electron chi connectivity index (χ2n) is 4.55. The van der Waals surface area contributed by atoms with Crippen LogP contribution in [0, 0.1) is 0 Å². The number of anilines is 1. The summed E-state index contributed by atoms with van der Waals surface area (Å²) in [5, 5.41) is 3.48. The van der Waals surface area contributed by atoms with Gasteiger partial charge >= 0.3 is 0 Å². The largest absolute Gasteiger partial charge is 0.365 e. The topological polar surface area (TPSA) is 69.7 Å². The predicted molar refractivity (Wildman–Crippen MR) is 65.8 cm³/mol. The first-order valence-corrected chi connectivity index (χ1v) is 5.92. The van der Waals surface area contributed by atoms with Crippen molar-refractivity contribution in [3.63, 3.8) is 0 Å². The Morgan fingerprint density at radius 3 is 2.94 bits per heavy atom. The van der Waals surface area contributed by atoms with E-state index in [9.17, 15) is 0 Å². The van der Waals surface area contributed by atoms with E-state index in [1.807, 2.05) is 0 Å². The van der Waals surface area contributed by atoms with Crippen molar-refractivity contribution in [3.8, 4) is 0 Å². The number of aromatic nitrogens is 4. The van der Waals surface area contributed by atoms with Gasteiger partial charge in [-0.05, 0) is 33.0 Å². The fourth-order valence-electron chi connectivity index (χ4n) is 2.22. The number of hydrogen-bond donors (Lipinski definition) is 2. The second kappa shape index (κ2) is 4.29. The molecule has 0 saturated carbocycles. The van der Waals surface area contributed by atoms with Crippen LogP contribution < -0.4 is 5.32 Å². The summed E-state index contributed by atoms with van der Waals surface area (Å²) in [5.74, 6) is 0.863. The fourth-order valence-corrected chi connectivity index (χ4v) is 2.22. The van der Waals surface area contributed by atoms with Crippen LogP contribution in [0.2, 0.25) is 0 Å². The first kappa shape index (κ1) is 10.5. The maximum Gasteiger partial charge on any atom is 0.182 e. The van der Waals surface area contributed by atoms with Gasteiger partial charge in [0.2, 0.25) is 0 Å². The molecule has 0 bridgehead atoms. The first-order valence-electron chi connectivity index (χ1n) is 5.92. The third-order valence-electron chi connectivity index (χ3n) is 3.28. The van der Waals surface area contributed by atoms with Gasteiger partial charge in [-0.25, -0.2) is 15.0 Å². The molecule has 2 aromatic rings. The highest BCUT2D eigenvalue weighted by molar-refractivity contribution is 5.82. The summed E-state index contributed by atoms with van der Waals surface area (Å²) in [6, 6.07) is 0.493. The minimum absolute atomic E-state index is 0.493. The van der Waals surface area contributed by atoms with Crippen molar-refractivity contribution in [1.29, 1.82) is 0 Å². The quantitative estimate of drug-likeness (QED) is 0.803. The molecule has 1 saturated heterocycles. The Balaban J connectivity index is 1.78. The van der Waals surface area contributed by atoms with Gasteiger partial charge in [0.05, 0.1) is 6.33 Å². The average Bonchev–Trinajstić information content (AvgIpc) is 2.81. The van der Waals surface area contributed by atoms with Crippen molar-refractivity contribution in [2.45, 2.75) is 18.9 Å². The molecule has 3 rings (SSSR count). The zero-order valence-corrected chi connectivity index (χ0v) is 9.85. The molecule has 0 radical (unpaired) electrons. The van der Waals surface area contributed by atoms with Gasteiger partial charge in [-0.3, -0.25) is 0 Å². The summed E-state index contributed by atoms with van der Waals surface area (Å²) < 4.78 is 0. The molecule has 2 N–H and O–H groups in total. The number of imidazole rings is 1. The second-order valence-corrected chi connectivity index (χ2v) is 4.55. The van der Waals surface area contributed by atoms with Gasteiger partial charge in [0.25, 0.3) is 0 Å². The van der Waals surface area contributed by atoms with Crippen molar-refractivity contribution >= 4 is 17.0 Å². The van der Waals surface area contributed by atoms with E-state index < -0.39 is 0 Å². The molecule has 0 aromatic carbocycles. The predicted octanol–water partition coefficient (Wildman–Crippen LogP) is 0.859. The third kappa shape index (κ3) is 2.08. The van der Waals surface area contributed by atoms with E-state index in [1.54, 1.807) is 12.7 Å². The number of fused-ring (bicyclic) bond motifs is 1. The highest BCUT2D eigenvalue weighted by Gasteiger charge is 2.18. The number of hydrogen-bond acceptors (Lipinski definition) is 5. The van der Waals surface area contributed by atoms with Gasteiger partial charge < -0.3 is 15.2 Å². The van der Waals surface area contributed by atoms with Crippen LogP contribution in [0.15, 0.2) is 12.7 Å². The van der Waals surface area contributed by atoms with Crippen molar-refractivity contribution in [2.75, 3.05) is 25.5 Å². The van der Waals surface area contributed by atoms with Crippen LogP contribution >= 0.6 is 0 Å². The van der Waals surface area contributed by atoms with E-state index in [0.29, 0.717) is 6.04 Å². The normalized spacial score (nSPS) is 18.6. The molecule has 0 aliphatic carbocycles. The van der Waals surface area contributed by atoms with Crippen LogP contribution in [0.1, 0.15) is 12.8 Å². The first-order chi connectivity index (χ1) is 8.33. The average molecular weight is 232 g/mol. The van der Waals surface area contributed by atoms with Crippen molar-refractivity contribution in [1.82, 2.24) is 24.8 Å². The van der Waals surface area contributed by atoms with E-state index in [2.05, 4.69) is 37.2 Å². The van der Waals surface area contributed by atoms with Crippen molar-refractivity contribution in [2.24, 2.45) is 0 Å². The number of aromatic amines is 1. The molecule has 0 spiro atoms. The highest BCUT2D eigenvalue weighted by atomic mass is 15.1. The Morgan fingerprint density at radius 1 is 1.29 bits per heavy atom. The van der Waals surface area contributed by atoms with Gasteiger partial charge in [0, 0.05) is 6.04 Å². The maximum absolute atomic E-state index is 4.29. The fraction of sp³-hybridized carbons (Fsp3) is 0.545. The van der Waals surface area contributed by atoms with E-state index >= 15 is 0 Å². The molecule has 3 heterocycles. The lowest BCUT2D eigenvalue weighted by Crippen LogP contribution is -2.36. The Bertz CT molecular complexity index is 499. The van der Waals surface area contributed by atoms with Crippen LogP contribution in [0.25, 0.3) is 11.2 Å². The minimum Gasteiger partial charge on any atom is -0.365 e. The van der Waals surface area contributed by atoms with Gasteiger partial charge in [-0.2, -0.15) is 0 Å². The number of nitrogens with zero attached hydrogens (tertiary/aromatic N) is 4. The lowest BCUT2D eigenvalue weighted by molar-refractivity contribution is 0.263. The number of nitrogens with one attached hydrogen (secondary N) is 2.